The summed E-state index contributed by atoms with van der Waals surface area (Å²) in [4.78, 5) is 192. The number of carboxylic acid groups (broad SMARTS) is 1. The molecule has 0 fully saturated rings. The molecule has 0 unspecified atom stereocenters. The molecular weight excluding hydrogens is 1570 g/mol. The van der Waals surface area contributed by atoms with E-state index in [2.05, 4.69) is 73.8 Å². The second-order valence-corrected chi connectivity index (χ2v) is 31.3. The average Bonchev–Trinajstić information content (AvgIpc) is 0.806. The maximum Gasteiger partial charge on any atom is 0.404 e. The first-order valence-corrected chi connectivity index (χ1v) is 42.1. The molecule has 3 rings (SSSR count). The summed E-state index contributed by atoms with van der Waals surface area (Å²) in [5, 5.41) is 92.3. The summed E-state index contributed by atoms with van der Waals surface area (Å²) < 4.78 is 10.0. The number of hydrogen-bond donors (Lipinski definition) is 20. The second kappa shape index (κ2) is 57.8. The minimum absolute atomic E-state index is 0.00113. The van der Waals surface area contributed by atoms with Crippen molar-refractivity contribution < 1.29 is 108 Å². The summed E-state index contributed by atoms with van der Waals surface area (Å²) in [5.41, 5.74) is 12.6. The molecule has 38 nitrogen and oxygen atoms in total. The maximum absolute atomic E-state index is 14.1. The first-order valence-electron chi connectivity index (χ1n) is 37.1. The number of ether oxygens (including phenoxy) is 2. The molecule has 0 saturated carbocycles. The molecule has 0 spiro atoms. The van der Waals surface area contributed by atoms with Gasteiger partial charge in [-0.15, -0.1) is 6.42 Å². The number of nitrogens with one attached hydrogen (secondary N) is 11. The fourth-order valence-electron chi connectivity index (χ4n) is 10.4. The van der Waals surface area contributed by atoms with Crippen molar-refractivity contribution in [3.63, 3.8) is 0 Å². The molecule has 11 amide bonds. The summed E-state index contributed by atoms with van der Waals surface area (Å²) in [6.07, 6.45) is 3.26. The van der Waals surface area contributed by atoms with Crippen molar-refractivity contribution in [1.82, 2.24) is 63.1 Å². The van der Waals surface area contributed by atoms with Crippen LogP contribution in [0.5, 0.6) is 0 Å². The minimum Gasteiger partial charge on any atom is -0.480 e. The third kappa shape index (κ3) is 43.3. The van der Waals surface area contributed by atoms with Crippen molar-refractivity contribution in [1.29, 1.82) is 0 Å². The van der Waals surface area contributed by atoms with Crippen molar-refractivity contribution in [3.8, 4) is 12.3 Å². The summed E-state index contributed by atoms with van der Waals surface area (Å²) >= 11 is 0. The normalized spacial score (nSPS) is 13.1. The highest BCUT2D eigenvalue weighted by Gasteiger charge is 2.32. The van der Waals surface area contributed by atoms with Gasteiger partial charge in [0.1, 0.15) is 43.4 Å². The molecule has 0 bridgehead atoms. The number of nitrogens with zero attached hydrogens (tertiary/aromatic N) is 2. The summed E-state index contributed by atoms with van der Waals surface area (Å²) in [6.45, 7) is 0.149. The molecule has 22 N–H and O–H groups in total. The molecule has 1 heterocycles. The summed E-state index contributed by atoms with van der Waals surface area (Å²) in [6, 6.07) is 4.16. The highest BCUT2D eigenvalue weighted by Crippen LogP contribution is 2.24. The first kappa shape index (κ1) is 99.0. The van der Waals surface area contributed by atoms with Crippen LogP contribution in [-0.4, -0.2) is 267 Å². The lowest BCUT2D eigenvalue weighted by molar-refractivity contribution is -0.143. The van der Waals surface area contributed by atoms with Gasteiger partial charge in [-0.3, -0.25) is 62.5 Å². The van der Waals surface area contributed by atoms with Crippen LogP contribution in [0.25, 0.3) is 10.9 Å². The second-order valence-electron chi connectivity index (χ2n) is 26.0. The van der Waals surface area contributed by atoms with Gasteiger partial charge in [-0.05, 0) is 132 Å². The van der Waals surface area contributed by atoms with Crippen LogP contribution in [0, 0.1) is 12.3 Å². The van der Waals surface area contributed by atoms with E-state index in [4.69, 9.17) is 37.9 Å². The average molecular weight is 1680 g/mol. The molecular formula is C72H109N15O23S4. The third-order valence-corrected chi connectivity index (χ3v) is 21.4. The van der Waals surface area contributed by atoms with Crippen LogP contribution in [0.4, 0.5) is 16.4 Å². The van der Waals surface area contributed by atoms with Gasteiger partial charge in [0.05, 0.1) is 62.1 Å². The number of anilines is 2. The number of aromatic nitrogens is 2. The SMILES string of the molecule is C#CCN(Cc1ccc2nc(N)[nH]c(=O)c2c1)c1ccc(C(=O)NCCCC(=O)OCCSSC[C@H](NC(=O)[C@H](CCC(=O)NCCCC[C@H](O)CO)NC(=O)[C@H](C)NC(=O)[C@H](CCC(=O)NCCCC[C@H](O)CO)NC(=O)CNC(=O)[C@H](CCC(=O)NCCCC[C@H](O)CO)NC(=O)CCSSCCOC(N)=O)C(=O)O)cc1. The molecule has 634 valence electrons. The summed E-state index contributed by atoms with van der Waals surface area (Å²) in [5.74, 6) is -6.59. The number of fused-ring (bicyclic) bond motifs is 1. The molecule has 2 aromatic carbocycles. The zero-order valence-electron chi connectivity index (χ0n) is 63.6. The Bertz CT molecular complexity index is 3660. The van der Waals surface area contributed by atoms with Crippen LogP contribution in [0.15, 0.2) is 47.3 Å². The molecule has 42 heteroatoms. The number of nitrogens with two attached hydrogens (primary N) is 2. The number of carbonyl (C=O) groups excluding carboxylic acids is 12. The van der Waals surface area contributed by atoms with E-state index in [1.54, 1.807) is 36.4 Å². The Balaban J connectivity index is 1.66. The molecule has 3 aromatic rings. The molecule has 8 atom stereocenters. The van der Waals surface area contributed by atoms with E-state index >= 15 is 0 Å². The number of aliphatic carboxylic acids is 1. The van der Waals surface area contributed by atoms with E-state index in [0.29, 0.717) is 79.4 Å². The van der Waals surface area contributed by atoms with E-state index in [0.717, 1.165) is 27.2 Å². The van der Waals surface area contributed by atoms with Crippen molar-refractivity contribution in [2.45, 2.75) is 178 Å². The Hall–Kier alpha value is -9.19. The number of primary amides is 1. The maximum atomic E-state index is 14.1. The Morgan fingerprint density at radius 2 is 1.05 bits per heavy atom. The van der Waals surface area contributed by atoms with Crippen LogP contribution < -0.4 is 75.1 Å². The Morgan fingerprint density at radius 3 is 1.60 bits per heavy atom. The zero-order chi connectivity index (χ0) is 84.2. The Kier molecular flexibility index (Phi) is 50.2. The topological polar surface area (TPSA) is 603 Å². The fourth-order valence-corrected chi connectivity index (χ4v) is 14.2. The van der Waals surface area contributed by atoms with Crippen molar-refractivity contribution in [2.75, 3.05) is 106 Å². The van der Waals surface area contributed by atoms with Gasteiger partial charge in [0.15, 0.2) is 0 Å². The number of hydrogen-bond acceptors (Lipinski definition) is 29. The lowest BCUT2D eigenvalue weighted by Gasteiger charge is -2.24. The van der Waals surface area contributed by atoms with E-state index < -0.39 is 178 Å². The van der Waals surface area contributed by atoms with Crippen LogP contribution >= 0.6 is 43.2 Å². The van der Waals surface area contributed by atoms with Crippen LogP contribution in [0.1, 0.15) is 138 Å². The van der Waals surface area contributed by atoms with Gasteiger partial charge >= 0.3 is 18.0 Å². The zero-order valence-corrected chi connectivity index (χ0v) is 66.9. The third-order valence-electron chi connectivity index (χ3n) is 16.6. The van der Waals surface area contributed by atoms with Gasteiger partial charge in [0, 0.05) is 99.1 Å². The van der Waals surface area contributed by atoms with E-state index in [1.807, 2.05) is 11.0 Å². The standard InChI is InChI=1S/C72H109N15O23S4/c1-3-32-87(40-46-15-20-53-52(38-46)66(102)86-71(73)85-53)48-18-16-47(17-19-48)65(101)78-31-10-14-63(99)109-33-36-113-114-44-57(70(106)107)84-69(105)56(23-26-60(96)77-30-9-6-13-51(93)43-90)83-64(100)45(2)80-68(104)55(22-25-59(95)76-29-8-5-12-50(92)42-89)82-62(98)39-79-67(103)54(21-24-58(94)75-28-7-4-11-49(91)41-88)81-61(97)27-35-111-112-37-34-110-72(74)108/h1,15-20,38,45,49-51,54-57,88-93H,4-14,21-37,39-44H2,2H3,(H2,74,108)(H,75,94)(H,76,95)(H,77,96)(H,78,101)(H,79,103)(H,80,104)(H,81,97)(H,82,98)(H,83,100)(H,84,105)(H,106,107)(H3,73,85,86,102)/t45-,49-,50-,51-,54-,55-,56-,57-/m0/s1. The van der Waals surface area contributed by atoms with Gasteiger partial charge in [0.2, 0.25) is 59.1 Å². The minimum atomic E-state index is -1.62. The Morgan fingerprint density at radius 1 is 0.553 bits per heavy atom. The largest absolute Gasteiger partial charge is 0.480 e. The number of benzene rings is 2. The molecule has 1 aromatic heterocycles. The van der Waals surface area contributed by atoms with Crippen LogP contribution in [0.2, 0.25) is 0 Å². The highest BCUT2D eigenvalue weighted by atomic mass is 33.1. The van der Waals surface area contributed by atoms with Crippen molar-refractivity contribution in [2.24, 2.45) is 5.73 Å². The van der Waals surface area contributed by atoms with Crippen molar-refractivity contribution in [3.05, 3.63) is 63.9 Å². The summed E-state index contributed by atoms with van der Waals surface area (Å²) in [7, 11) is 4.67. The number of aromatic amines is 1. The quantitative estimate of drug-likeness (QED) is 0.0130. The van der Waals surface area contributed by atoms with Gasteiger partial charge in [0.25, 0.3) is 11.5 Å². The number of unbranched alkanes of at least 4 members (excludes halogenated alkanes) is 3. The number of terminal acetylenes is 1. The van der Waals surface area contributed by atoms with Gasteiger partial charge in [-0.25, -0.2) is 14.6 Å². The number of aliphatic hydroxyl groups excluding tert-OH is 6. The number of rotatable bonds is 61. The lowest BCUT2D eigenvalue weighted by atomic mass is 10.1. The number of H-pyrrole nitrogens is 1. The fraction of sp³-hybridized carbons (Fsp3) is 0.597. The smallest absolute Gasteiger partial charge is 0.404 e. The number of aliphatic hydroxyl groups is 6. The van der Waals surface area contributed by atoms with E-state index in [1.165, 1.54) is 28.5 Å². The molecule has 0 aliphatic carbocycles. The number of carboxylic acids is 1. The lowest BCUT2D eigenvalue weighted by Crippen LogP contribution is -2.58. The highest BCUT2D eigenvalue weighted by molar-refractivity contribution is 8.77. The molecule has 0 aliphatic rings. The number of nitrogen functional groups attached to an aromatic ring is 1. The number of amides is 11. The van der Waals surface area contributed by atoms with E-state index in [9.17, 15) is 87.5 Å². The number of carbonyl (C=O) groups is 13. The Labute approximate surface area is 675 Å². The molecule has 0 aliphatic heterocycles. The van der Waals surface area contributed by atoms with Gasteiger partial charge < -0.3 is 115 Å². The van der Waals surface area contributed by atoms with Crippen LogP contribution in [0.3, 0.4) is 0 Å². The molecule has 0 saturated heterocycles. The van der Waals surface area contributed by atoms with Crippen LogP contribution in [-0.2, 0) is 68.8 Å². The monoisotopic (exact) mass is 1680 g/mol. The molecule has 114 heavy (non-hydrogen) atoms. The van der Waals surface area contributed by atoms with Gasteiger partial charge in [-0.1, -0.05) is 55.2 Å². The molecule has 0 radical (unpaired) electrons. The first-order chi connectivity index (χ1) is 54.5. The van der Waals surface area contributed by atoms with Gasteiger partial charge in [-0.2, -0.15) is 0 Å². The number of esters is 1. The predicted molar refractivity (Wildman–Crippen MR) is 429 cm³/mol. The van der Waals surface area contributed by atoms with E-state index in [-0.39, 0.29) is 120 Å². The van der Waals surface area contributed by atoms with Crippen molar-refractivity contribution >= 4 is 143 Å². The predicted octanol–water partition coefficient (Wildman–Crippen LogP) is -1.65.